The van der Waals surface area contributed by atoms with Crippen LogP contribution in [-0.2, 0) is 0 Å². The molecule has 0 aromatic heterocycles. The van der Waals surface area contributed by atoms with Crippen molar-refractivity contribution in [2.24, 2.45) is 0 Å². The molecule has 2 aromatic carbocycles. The minimum atomic E-state index is -0.146. The molecule has 0 aliphatic carbocycles. The zero-order chi connectivity index (χ0) is 12.4. The van der Waals surface area contributed by atoms with Crippen molar-refractivity contribution in [1.29, 1.82) is 5.26 Å². The molecule has 17 heavy (non-hydrogen) atoms. The SMILES string of the molecule is Cc1cc(C(=O)CC#N)cc2ccc(Cl)cc12. The normalized spacial score (nSPS) is 10.2. The van der Waals surface area contributed by atoms with E-state index in [4.69, 9.17) is 16.9 Å². The molecule has 0 heterocycles. The van der Waals surface area contributed by atoms with Gasteiger partial charge in [0.1, 0.15) is 0 Å². The molecule has 84 valence electrons. The molecule has 0 amide bonds. The minimum absolute atomic E-state index is 0.0848. The van der Waals surface area contributed by atoms with Crippen LogP contribution in [0.1, 0.15) is 22.3 Å². The second kappa shape index (κ2) is 4.57. The second-order valence-electron chi connectivity index (χ2n) is 3.92. The predicted molar refractivity (Wildman–Crippen MR) is 68.3 cm³/mol. The van der Waals surface area contributed by atoms with Gasteiger partial charge in [0.25, 0.3) is 0 Å². The van der Waals surface area contributed by atoms with Crippen molar-refractivity contribution in [3.05, 3.63) is 46.5 Å². The Balaban J connectivity index is 2.61. The maximum atomic E-state index is 11.7. The van der Waals surface area contributed by atoms with E-state index in [1.807, 2.05) is 25.1 Å². The molecule has 2 nitrogen and oxygen atoms in total. The first kappa shape index (κ1) is 11.6. The van der Waals surface area contributed by atoms with E-state index in [1.54, 1.807) is 18.2 Å². The fourth-order valence-electron chi connectivity index (χ4n) is 1.85. The van der Waals surface area contributed by atoms with Gasteiger partial charge in [-0.3, -0.25) is 4.79 Å². The number of rotatable bonds is 2. The Morgan fingerprint density at radius 1 is 1.35 bits per heavy atom. The summed E-state index contributed by atoms with van der Waals surface area (Å²) >= 11 is 5.93. The molecule has 3 heteroatoms. The maximum absolute atomic E-state index is 11.7. The number of ketones is 1. The number of fused-ring (bicyclic) bond motifs is 1. The molecule has 0 saturated carbocycles. The fourth-order valence-corrected chi connectivity index (χ4v) is 2.02. The number of hydrogen-bond acceptors (Lipinski definition) is 2. The van der Waals surface area contributed by atoms with Gasteiger partial charge in [0.15, 0.2) is 5.78 Å². The van der Waals surface area contributed by atoms with E-state index >= 15 is 0 Å². The number of aryl methyl sites for hydroxylation is 1. The fraction of sp³-hybridized carbons (Fsp3) is 0.143. The molecule has 0 fully saturated rings. The van der Waals surface area contributed by atoms with Gasteiger partial charge in [0.05, 0.1) is 12.5 Å². The molecule has 0 aliphatic rings. The van der Waals surface area contributed by atoms with Crippen molar-refractivity contribution in [1.82, 2.24) is 0 Å². The third-order valence-electron chi connectivity index (χ3n) is 2.68. The molecular weight excluding hydrogens is 234 g/mol. The lowest BCUT2D eigenvalue weighted by atomic mass is 9.99. The van der Waals surface area contributed by atoms with Crippen LogP contribution < -0.4 is 0 Å². The Morgan fingerprint density at radius 2 is 2.12 bits per heavy atom. The molecule has 0 radical (unpaired) electrons. The van der Waals surface area contributed by atoms with Gasteiger partial charge >= 0.3 is 0 Å². The van der Waals surface area contributed by atoms with E-state index < -0.39 is 0 Å². The van der Waals surface area contributed by atoms with Gasteiger partial charge in [-0.05, 0) is 47.5 Å². The summed E-state index contributed by atoms with van der Waals surface area (Å²) in [5.74, 6) is -0.146. The number of benzene rings is 2. The van der Waals surface area contributed by atoms with Crippen molar-refractivity contribution in [2.45, 2.75) is 13.3 Å². The molecule has 0 aliphatic heterocycles. The largest absolute Gasteiger partial charge is 0.293 e. The van der Waals surface area contributed by atoms with Crippen LogP contribution >= 0.6 is 11.6 Å². The molecule has 0 atom stereocenters. The zero-order valence-electron chi connectivity index (χ0n) is 9.33. The molecule has 0 N–H and O–H groups in total. The van der Waals surface area contributed by atoms with Crippen LogP contribution in [0.5, 0.6) is 0 Å². The average molecular weight is 244 g/mol. The molecule has 2 rings (SSSR count). The summed E-state index contributed by atoms with van der Waals surface area (Å²) in [6, 6.07) is 11.0. The Kier molecular flexibility index (Phi) is 3.12. The summed E-state index contributed by atoms with van der Waals surface area (Å²) in [4.78, 5) is 11.7. The van der Waals surface area contributed by atoms with E-state index in [2.05, 4.69) is 0 Å². The third-order valence-corrected chi connectivity index (χ3v) is 2.92. The first-order valence-electron chi connectivity index (χ1n) is 5.22. The van der Waals surface area contributed by atoms with Gasteiger partial charge in [-0.15, -0.1) is 0 Å². The van der Waals surface area contributed by atoms with Crippen molar-refractivity contribution in [2.75, 3.05) is 0 Å². The number of halogens is 1. The van der Waals surface area contributed by atoms with E-state index in [9.17, 15) is 4.79 Å². The van der Waals surface area contributed by atoms with E-state index in [0.717, 1.165) is 16.3 Å². The minimum Gasteiger partial charge on any atom is -0.293 e. The maximum Gasteiger partial charge on any atom is 0.176 e. The van der Waals surface area contributed by atoms with E-state index in [-0.39, 0.29) is 12.2 Å². The van der Waals surface area contributed by atoms with Crippen LogP contribution in [0.15, 0.2) is 30.3 Å². The number of nitrogens with zero attached hydrogens (tertiary/aromatic N) is 1. The van der Waals surface area contributed by atoms with Gasteiger partial charge in [-0.1, -0.05) is 17.7 Å². The summed E-state index contributed by atoms with van der Waals surface area (Å²) in [5.41, 5.74) is 1.57. The summed E-state index contributed by atoms with van der Waals surface area (Å²) in [5, 5.41) is 11.2. The van der Waals surface area contributed by atoms with Crippen LogP contribution in [0, 0.1) is 18.3 Å². The molecule has 2 aromatic rings. The number of hydrogen-bond donors (Lipinski definition) is 0. The first-order valence-corrected chi connectivity index (χ1v) is 5.59. The van der Waals surface area contributed by atoms with Gasteiger partial charge < -0.3 is 0 Å². The quantitative estimate of drug-likeness (QED) is 0.751. The Morgan fingerprint density at radius 3 is 2.82 bits per heavy atom. The van der Waals surface area contributed by atoms with Crippen LogP contribution in [0.2, 0.25) is 5.02 Å². The highest BCUT2D eigenvalue weighted by molar-refractivity contribution is 6.31. The molecule has 0 unspecified atom stereocenters. The summed E-state index contributed by atoms with van der Waals surface area (Å²) in [7, 11) is 0. The smallest absolute Gasteiger partial charge is 0.176 e. The number of nitriles is 1. The van der Waals surface area contributed by atoms with Gasteiger partial charge in [0, 0.05) is 10.6 Å². The monoisotopic (exact) mass is 243 g/mol. The predicted octanol–water partition coefficient (Wildman–Crippen LogP) is 3.90. The van der Waals surface area contributed by atoms with Gasteiger partial charge in [0.2, 0.25) is 0 Å². The Labute approximate surface area is 104 Å². The molecule has 0 saturated heterocycles. The van der Waals surface area contributed by atoms with Crippen molar-refractivity contribution >= 4 is 28.2 Å². The van der Waals surface area contributed by atoms with Crippen LogP contribution in [-0.4, -0.2) is 5.78 Å². The Hall–Kier alpha value is -1.85. The van der Waals surface area contributed by atoms with Crippen LogP contribution in [0.25, 0.3) is 10.8 Å². The highest BCUT2D eigenvalue weighted by Crippen LogP contribution is 2.24. The summed E-state index contributed by atoms with van der Waals surface area (Å²) < 4.78 is 0. The topological polar surface area (TPSA) is 40.9 Å². The molecular formula is C14H10ClNO. The third kappa shape index (κ3) is 2.30. The first-order chi connectivity index (χ1) is 8.11. The molecule has 0 spiro atoms. The highest BCUT2D eigenvalue weighted by Gasteiger charge is 2.08. The van der Waals surface area contributed by atoms with E-state index in [1.165, 1.54) is 0 Å². The van der Waals surface area contributed by atoms with Crippen LogP contribution in [0.4, 0.5) is 0 Å². The van der Waals surface area contributed by atoms with E-state index in [0.29, 0.717) is 10.6 Å². The van der Waals surface area contributed by atoms with Crippen molar-refractivity contribution in [3.63, 3.8) is 0 Å². The second-order valence-corrected chi connectivity index (χ2v) is 4.35. The summed E-state index contributed by atoms with van der Waals surface area (Å²) in [6.45, 7) is 1.93. The number of Topliss-reactive ketones (excluding diaryl/α,β-unsaturated/α-hetero) is 1. The highest BCUT2D eigenvalue weighted by atomic mass is 35.5. The van der Waals surface area contributed by atoms with Gasteiger partial charge in [-0.25, -0.2) is 0 Å². The van der Waals surface area contributed by atoms with Crippen molar-refractivity contribution in [3.8, 4) is 6.07 Å². The van der Waals surface area contributed by atoms with Crippen LogP contribution in [0.3, 0.4) is 0 Å². The standard InChI is InChI=1S/C14H10ClNO/c1-9-6-11(14(17)4-5-16)7-10-2-3-12(15)8-13(9)10/h2-3,6-8H,4H2,1H3. The lowest BCUT2D eigenvalue weighted by Gasteiger charge is -2.06. The zero-order valence-corrected chi connectivity index (χ0v) is 10.1. The number of carbonyl (C=O) groups excluding carboxylic acids is 1. The Bertz CT molecular complexity index is 640. The lowest BCUT2D eigenvalue weighted by Crippen LogP contribution is -1.98. The summed E-state index contributed by atoms with van der Waals surface area (Å²) in [6.07, 6.45) is -0.0848. The average Bonchev–Trinajstić information content (AvgIpc) is 2.30. The lowest BCUT2D eigenvalue weighted by molar-refractivity contribution is 0.0998. The number of carbonyl (C=O) groups is 1. The van der Waals surface area contributed by atoms with Crippen molar-refractivity contribution < 1.29 is 4.79 Å². The van der Waals surface area contributed by atoms with Gasteiger partial charge in [-0.2, -0.15) is 5.26 Å². The molecule has 0 bridgehead atoms.